The number of hydrogen-bond acceptors (Lipinski definition) is 4. The molecule has 3 aromatic rings. The number of carbonyl (C=O) groups excluding carboxylic acids is 1. The van der Waals surface area contributed by atoms with Crippen molar-refractivity contribution in [3.8, 4) is 0 Å². The molecule has 180 valence electrons. The number of nitrogens with zero attached hydrogens (tertiary/aromatic N) is 2. The van der Waals surface area contributed by atoms with Gasteiger partial charge in [-0.1, -0.05) is 0 Å². The van der Waals surface area contributed by atoms with Crippen LogP contribution in [0.1, 0.15) is 18.6 Å². The second-order valence-corrected chi connectivity index (χ2v) is 9.79. The Kier molecular flexibility index (Phi) is 6.76. The fraction of sp³-hybridized carbons (Fsp3) is 0.261. The van der Waals surface area contributed by atoms with Gasteiger partial charge in [0.25, 0.3) is 0 Å². The van der Waals surface area contributed by atoms with Gasteiger partial charge in [-0.25, -0.2) is 26.0 Å². The van der Waals surface area contributed by atoms with E-state index >= 15 is 0 Å². The molecule has 2 heterocycles. The van der Waals surface area contributed by atoms with Crippen LogP contribution in [-0.4, -0.2) is 31.7 Å². The van der Waals surface area contributed by atoms with E-state index in [2.05, 4.69) is 0 Å². The van der Waals surface area contributed by atoms with Gasteiger partial charge in [0.1, 0.15) is 17.4 Å². The molecular formula is C23H20F4N2O4S. The number of carbonyl (C=O) groups is 1. The molecule has 1 aliphatic heterocycles. The molecule has 1 amide bonds. The van der Waals surface area contributed by atoms with E-state index in [1.807, 2.05) is 0 Å². The second kappa shape index (κ2) is 9.59. The van der Waals surface area contributed by atoms with Gasteiger partial charge in [0.05, 0.1) is 23.4 Å². The van der Waals surface area contributed by atoms with Gasteiger partial charge in [0, 0.05) is 25.1 Å². The van der Waals surface area contributed by atoms with Crippen molar-refractivity contribution in [1.82, 2.24) is 4.31 Å². The molecule has 0 bridgehead atoms. The number of piperidine rings is 1. The first-order chi connectivity index (χ1) is 16.2. The molecule has 4 rings (SSSR count). The van der Waals surface area contributed by atoms with E-state index in [-0.39, 0.29) is 43.1 Å². The molecule has 1 aromatic heterocycles. The average Bonchev–Trinajstić information content (AvgIpc) is 3.32. The maximum absolute atomic E-state index is 14.5. The molecule has 0 spiro atoms. The summed E-state index contributed by atoms with van der Waals surface area (Å²) in [6, 6.07) is 8.43. The lowest BCUT2D eigenvalue weighted by Gasteiger charge is -2.33. The number of sulfonamides is 1. The van der Waals surface area contributed by atoms with Crippen molar-refractivity contribution in [2.24, 2.45) is 5.92 Å². The molecule has 0 unspecified atom stereocenters. The number of anilines is 1. The van der Waals surface area contributed by atoms with Crippen molar-refractivity contribution < 1.29 is 35.2 Å². The largest absolute Gasteiger partial charge is 0.467 e. The summed E-state index contributed by atoms with van der Waals surface area (Å²) in [6.45, 7) is -0.182. The summed E-state index contributed by atoms with van der Waals surface area (Å²) < 4.78 is 86.7. The lowest BCUT2D eigenvalue weighted by molar-refractivity contribution is -0.123. The molecule has 6 nitrogen and oxygen atoms in total. The zero-order valence-electron chi connectivity index (χ0n) is 17.8. The van der Waals surface area contributed by atoms with Crippen LogP contribution in [0.4, 0.5) is 23.2 Å². The van der Waals surface area contributed by atoms with Crippen molar-refractivity contribution in [3.05, 3.63) is 83.8 Å². The average molecular weight is 496 g/mol. The van der Waals surface area contributed by atoms with Gasteiger partial charge in [0.15, 0.2) is 11.6 Å². The highest BCUT2D eigenvalue weighted by Crippen LogP contribution is 2.30. The molecule has 0 aliphatic carbocycles. The zero-order valence-corrected chi connectivity index (χ0v) is 18.6. The summed E-state index contributed by atoms with van der Waals surface area (Å²) in [4.78, 5) is 14.1. The van der Waals surface area contributed by atoms with Crippen LogP contribution in [0.5, 0.6) is 0 Å². The Morgan fingerprint density at radius 3 is 2.32 bits per heavy atom. The number of hydrogen-bond donors (Lipinski definition) is 0. The van der Waals surface area contributed by atoms with Crippen molar-refractivity contribution in [1.29, 1.82) is 0 Å². The summed E-state index contributed by atoms with van der Waals surface area (Å²) in [7, 11) is -4.09. The molecule has 0 radical (unpaired) electrons. The fourth-order valence-corrected chi connectivity index (χ4v) is 5.37. The maximum atomic E-state index is 14.5. The molecule has 34 heavy (non-hydrogen) atoms. The highest BCUT2D eigenvalue weighted by Gasteiger charge is 2.35. The standard InChI is InChI=1S/C23H20F4N2O4S/c24-16-3-6-22(21(27)12-16)29(14-17-2-1-11-33-17)23(30)15-7-9-28(10-8-15)34(31,32)18-4-5-19(25)20(26)13-18/h1-6,11-13,15H,7-10,14H2. The summed E-state index contributed by atoms with van der Waals surface area (Å²) in [5.41, 5.74) is -0.125. The van der Waals surface area contributed by atoms with E-state index in [4.69, 9.17) is 4.42 Å². The minimum absolute atomic E-state index is 0.0434. The van der Waals surface area contributed by atoms with Crippen LogP contribution in [-0.2, 0) is 21.4 Å². The van der Waals surface area contributed by atoms with Crippen LogP contribution < -0.4 is 4.90 Å². The van der Waals surface area contributed by atoms with Gasteiger partial charge in [-0.2, -0.15) is 4.31 Å². The Hall–Kier alpha value is -3.18. The van der Waals surface area contributed by atoms with Crippen molar-refractivity contribution in [2.75, 3.05) is 18.0 Å². The molecule has 2 aromatic carbocycles. The molecule has 1 aliphatic rings. The molecule has 0 N–H and O–H groups in total. The second-order valence-electron chi connectivity index (χ2n) is 7.85. The first-order valence-electron chi connectivity index (χ1n) is 10.4. The molecule has 1 saturated heterocycles. The van der Waals surface area contributed by atoms with Crippen molar-refractivity contribution in [3.63, 3.8) is 0 Å². The number of benzene rings is 2. The smallest absolute Gasteiger partial charge is 0.243 e. The van der Waals surface area contributed by atoms with E-state index in [1.54, 1.807) is 12.1 Å². The monoisotopic (exact) mass is 496 g/mol. The lowest BCUT2D eigenvalue weighted by Crippen LogP contribution is -2.44. The number of rotatable bonds is 6. The predicted molar refractivity (Wildman–Crippen MR) is 114 cm³/mol. The topological polar surface area (TPSA) is 70.8 Å². The summed E-state index contributed by atoms with van der Waals surface area (Å²) in [5, 5.41) is 0. The van der Waals surface area contributed by atoms with Crippen LogP contribution >= 0.6 is 0 Å². The Bertz CT molecular complexity index is 1290. The molecule has 1 fully saturated rings. The zero-order chi connectivity index (χ0) is 24.5. The summed E-state index contributed by atoms with van der Waals surface area (Å²) >= 11 is 0. The van der Waals surface area contributed by atoms with Gasteiger partial charge >= 0.3 is 0 Å². The van der Waals surface area contributed by atoms with Crippen LogP contribution in [0, 0.1) is 29.2 Å². The molecular weight excluding hydrogens is 476 g/mol. The lowest BCUT2D eigenvalue weighted by atomic mass is 9.96. The fourth-order valence-electron chi connectivity index (χ4n) is 3.89. The van der Waals surface area contributed by atoms with Gasteiger partial charge in [-0.05, 0) is 55.3 Å². The first-order valence-corrected chi connectivity index (χ1v) is 11.8. The third-order valence-corrected chi connectivity index (χ3v) is 7.59. The maximum Gasteiger partial charge on any atom is 0.243 e. The predicted octanol–water partition coefficient (Wildman–Crippen LogP) is 4.47. The third kappa shape index (κ3) is 4.85. The van der Waals surface area contributed by atoms with E-state index in [0.717, 1.165) is 33.5 Å². The SMILES string of the molecule is O=C(C1CCN(S(=O)(=O)c2ccc(F)c(F)c2)CC1)N(Cc1ccco1)c1ccc(F)cc1F. The Labute approximate surface area is 193 Å². The van der Waals surface area contributed by atoms with Crippen LogP contribution in [0.3, 0.4) is 0 Å². The Morgan fingerprint density at radius 2 is 1.71 bits per heavy atom. The van der Waals surface area contributed by atoms with Crippen molar-refractivity contribution >= 4 is 21.6 Å². The Balaban J connectivity index is 1.52. The summed E-state index contributed by atoms with van der Waals surface area (Å²) in [5.74, 6) is -4.87. The summed E-state index contributed by atoms with van der Waals surface area (Å²) in [6.07, 6.45) is 1.65. The molecule has 0 saturated carbocycles. The van der Waals surface area contributed by atoms with Crippen molar-refractivity contribution in [2.45, 2.75) is 24.3 Å². The first kappa shape index (κ1) is 24.0. The number of halogens is 4. The van der Waals surface area contributed by atoms with Gasteiger partial charge < -0.3 is 9.32 Å². The van der Waals surface area contributed by atoms with Crippen LogP contribution in [0.25, 0.3) is 0 Å². The number of amides is 1. The van der Waals surface area contributed by atoms with E-state index in [9.17, 15) is 30.8 Å². The number of furan rings is 1. The van der Waals surface area contributed by atoms with E-state index in [0.29, 0.717) is 17.9 Å². The minimum atomic E-state index is -4.09. The highest BCUT2D eigenvalue weighted by molar-refractivity contribution is 7.89. The van der Waals surface area contributed by atoms with Gasteiger partial charge in [-0.3, -0.25) is 4.79 Å². The third-order valence-electron chi connectivity index (χ3n) is 5.69. The minimum Gasteiger partial charge on any atom is -0.467 e. The molecule has 11 heteroatoms. The normalized spacial score (nSPS) is 15.4. The molecule has 0 atom stereocenters. The van der Waals surface area contributed by atoms with Crippen LogP contribution in [0.15, 0.2) is 64.1 Å². The van der Waals surface area contributed by atoms with Gasteiger partial charge in [0.2, 0.25) is 15.9 Å². The van der Waals surface area contributed by atoms with Gasteiger partial charge in [-0.15, -0.1) is 0 Å². The van der Waals surface area contributed by atoms with Crippen LogP contribution in [0.2, 0.25) is 0 Å². The Morgan fingerprint density at radius 1 is 0.971 bits per heavy atom. The van der Waals surface area contributed by atoms with E-state index < -0.39 is 45.1 Å². The quantitative estimate of drug-likeness (QED) is 0.472. The van der Waals surface area contributed by atoms with E-state index in [1.165, 1.54) is 6.26 Å². The highest BCUT2D eigenvalue weighted by atomic mass is 32.2.